The van der Waals surface area contributed by atoms with Gasteiger partial charge in [-0.05, 0) is 31.9 Å². The minimum absolute atomic E-state index is 0.105. The lowest BCUT2D eigenvalue weighted by Gasteiger charge is -2.30. The van der Waals surface area contributed by atoms with Gasteiger partial charge in [0, 0.05) is 10.8 Å². The maximum Gasteiger partial charge on any atom is 0.344 e. The van der Waals surface area contributed by atoms with Crippen LogP contribution >= 0.6 is 11.8 Å². The second-order valence-electron chi connectivity index (χ2n) is 6.84. The van der Waals surface area contributed by atoms with E-state index >= 15 is 0 Å². The van der Waals surface area contributed by atoms with E-state index in [0.717, 1.165) is 48.2 Å². The minimum Gasteiger partial charge on any atom is -0.322 e. The predicted molar refractivity (Wildman–Crippen MR) is 96.6 cm³/mol. The van der Waals surface area contributed by atoms with Gasteiger partial charge in [-0.15, -0.1) is 11.8 Å². The molecule has 1 unspecified atom stereocenters. The van der Waals surface area contributed by atoms with Gasteiger partial charge in [0.1, 0.15) is 17.2 Å². The fourth-order valence-corrected chi connectivity index (χ4v) is 4.41. The number of urea groups is 1. The summed E-state index contributed by atoms with van der Waals surface area (Å²) in [5.74, 6) is -2.54. The van der Waals surface area contributed by atoms with Gasteiger partial charge in [-0.3, -0.25) is 15.0 Å². The van der Waals surface area contributed by atoms with Gasteiger partial charge in [0.25, 0.3) is 5.91 Å². The van der Waals surface area contributed by atoms with Crippen molar-refractivity contribution in [1.82, 2.24) is 15.8 Å². The Morgan fingerprint density at radius 1 is 1.26 bits per heavy atom. The van der Waals surface area contributed by atoms with Crippen LogP contribution < -0.4 is 10.7 Å². The first kappa shape index (κ1) is 19.6. The van der Waals surface area contributed by atoms with Crippen molar-refractivity contribution >= 4 is 29.6 Å². The summed E-state index contributed by atoms with van der Waals surface area (Å²) in [6.45, 7) is 1.59. The van der Waals surface area contributed by atoms with Gasteiger partial charge in [0.2, 0.25) is 5.91 Å². The molecular weight excluding hydrogens is 376 g/mol. The van der Waals surface area contributed by atoms with Crippen molar-refractivity contribution in [3.63, 3.8) is 0 Å². The van der Waals surface area contributed by atoms with Crippen molar-refractivity contribution < 1.29 is 23.2 Å². The van der Waals surface area contributed by atoms with E-state index in [1.54, 1.807) is 6.92 Å². The molecule has 3 rings (SSSR count). The van der Waals surface area contributed by atoms with Crippen LogP contribution in [0.2, 0.25) is 0 Å². The molecule has 146 valence electrons. The Hall–Kier alpha value is -2.16. The molecule has 6 nitrogen and oxygen atoms in total. The fraction of sp³-hybridized carbons (Fsp3) is 0.500. The number of carbonyl (C=O) groups is 3. The predicted octanol–water partition coefficient (Wildman–Crippen LogP) is 3.04. The number of hydrogen-bond acceptors (Lipinski definition) is 4. The van der Waals surface area contributed by atoms with Crippen molar-refractivity contribution in [2.24, 2.45) is 0 Å². The molecule has 0 bridgehead atoms. The molecule has 1 aliphatic heterocycles. The van der Waals surface area contributed by atoms with Crippen molar-refractivity contribution in [3.8, 4) is 0 Å². The quantitative estimate of drug-likeness (QED) is 0.749. The van der Waals surface area contributed by atoms with Gasteiger partial charge >= 0.3 is 6.03 Å². The molecule has 9 heteroatoms. The van der Waals surface area contributed by atoms with Gasteiger partial charge in [0.15, 0.2) is 0 Å². The van der Waals surface area contributed by atoms with Crippen LogP contribution in [-0.2, 0) is 9.59 Å². The average molecular weight is 397 g/mol. The first-order valence-corrected chi connectivity index (χ1v) is 9.90. The third-order valence-electron chi connectivity index (χ3n) is 4.98. The van der Waals surface area contributed by atoms with E-state index in [0.29, 0.717) is 12.8 Å². The van der Waals surface area contributed by atoms with Gasteiger partial charge in [-0.2, -0.15) is 5.01 Å². The van der Waals surface area contributed by atoms with Crippen molar-refractivity contribution in [2.75, 3.05) is 5.75 Å². The molecule has 1 saturated heterocycles. The lowest BCUT2D eigenvalue weighted by Crippen LogP contribution is -2.51. The van der Waals surface area contributed by atoms with Crippen molar-refractivity contribution in [3.05, 3.63) is 35.4 Å². The summed E-state index contributed by atoms with van der Waals surface area (Å²) < 4.78 is 27.6. The summed E-state index contributed by atoms with van der Waals surface area (Å²) in [7, 11) is 0. The highest BCUT2D eigenvalue weighted by Crippen LogP contribution is 2.34. The van der Waals surface area contributed by atoms with E-state index < -0.39 is 40.3 Å². The van der Waals surface area contributed by atoms with Crippen LogP contribution in [-0.4, -0.2) is 34.1 Å². The topological polar surface area (TPSA) is 78.5 Å². The summed E-state index contributed by atoms with van der Waals surface area (Å²) in [4.78, 5) is 36.9. The third kappa shape index (κ3) is 3.92. The Bertz CT molecular complexity index is 748. The number of hydrazine groups is 1. The molecule has 1 saturated carbocycles. The van der Waals surface area contributed by atoms with Gasteiger partial charge in [-0.25, -0.2) is 13.6 Å². The second-order valence-corrected chi connectivity index (χ2v) is 8.17. The highest BCUT2D eigenvalue weighted by molar-refractivity contribution is 8.00. The van der Waals surface area contributed by atoms with E-state index in [1.807, 2.05) is 0 Å². The number of nitrogens with one attached hydrogen (secondary N) is 2. The number of imide groups is 1. The summed E-state index contributed by atoms with van der Waals surface area (Å²) >= 11 is 1.02. The summed E-state index contributed by atoms with van der Waals surface area (Å²) in [5, 5.41) is 2.81. The molecular formula is C18H21F2N3O3S. The molecule has 1 aromatic carbocycles. The zero-order valence-corrected chi connectivity index (χ0v) is 15.7. The molecule has 0 aromatic heterocycles. The minimum atomic E-state index is -0.917. The molecule has 1 aliphatic carbocycles. The van der Waals surface area contributed by atoms with Crippen LogP contribution in [0.25, 0.3) is 0 Å². The Balaban J connectivity index is 1.58. The van der Waals surface area contributed by atoms with Crippen LogP contribution in [0, 0.1) is 11.6 Å². The highest BCUT2D eigenvalue weighted by Gasteiger charge is 2.52. The lowest BCUT2D eigenvalue weighted by atomic mass is 9.82. The second kappa shape index (κ2) is 7.84. The first-order valence-electron chi connectivity index (χ1n) is 8.86. The van der Waals surface area contributed by atoms with Crippen molar-refractivity contribution in [1.29, 1.82) is 0 Å². The van der Waals surface area contributed by atoms with Crippen LogP contribution in [0.3, 0.4) is 0 Å². The molecule has 1 atom stereocenters. The molecule has 2 N–H and O–H groups in total. The summed E-state index contributed by atoms with van der Waals surface area (Å²) in [6.07, 6.45) is 3.81. The number of carbonyl (C=O) groups excluding carboxylic acids is 3. The normalized spacial score (nSPS) is 19.9. The number of halogens is 2. The van der Waals surface area contributed by atoms with Crippen LogP contribution in [0.1, 0.15) is 49.8 Å². The first-order chi connectivity index (χ1) is 12.8. The van der Waals surface area contributed by atoms with Crippen LogP contribution in [0.5, 0.6) is 0 Å². The van der Waals surface area contributed by atoms with E-state index in [1.165, 1.54) is 6.07 Å². The average Bonchev–Trinajstić information content (AvgIpc) is 2.84. The number of thioether (sulfide) groups is 1. The van der Waals surface area contributed by atoms with Crippen LogP contribution in [0.15, 0.2) is 18.2 Å². The molecule has 0 radical (unpaired) electrons. The van der Waals surface area contributed by atoms with Crippen molar-refractivity contribution in [2.45, 2.75) is 49.8 Å². The summed E-state index contributed by atoms with van der Waals surface area (Å²) in [6, 6.07) is 2.95. The number of benzene rings is 1. The molecule has 2 aliphatic rings. The molecule has 27 heavy (non-hydrogen) atoms. The van der Waals surface area contributed by atoms with Crippen LogP contribution in [0.4, 0.5) is 13.6 Å². The smallest absolute Gasteiger partial charge is 0.322 e. The summed E-state index contributed by atoms with van der Waals surface area (Å²) in [5.41, 5.74) is 1.29. The highest BCUT2D eigenvalue weighted by atomic mass is 32.2. The Morgan fingerprint density at radius 3 is 2.52 bits per heavy atom. The van der Waals surface area contributed by atoms with E-state index in [4.69, 9.17) is 0 Å². The number of rotatable bonds is 5. The standard InChI is InChI=1S/C18H21F2N3O3S/c1-11(15-12(19)6-5-7-13(15)20)27-10-14(24)22-23-16(25)18(21-17(23)26)8-3-2-4-9-18/h5-7,11H,2-4,8-10H2,1H3,(H,21,26)(H,22,24). The van der Waals surface area contributed by atoms with Gasteiger partial charge in [0.05, 0.1) is 5.75 Å². The van der Waals surface area contributed by atoms with E-state index in [-0.39, 0.29) is 11.3 Å². The number of nitrogens with zero attached hydrogens (tertiary/aromatic N) is 1. The molecule has 2 fully saturated rings. The monoisotopic (exact) mass is 397 g/mol. The van der Waals surface area contributed by atoms with Gasteiger partial charge < -0.3 is 5.32 Å². The Kier molecular flexibility index (Phi) is 5.69. The molecule has 1 aromatic rings. The molecule has 1 spiro atoms. The zero-order chi connectivity index (χ0) is 19.6. The number of hydrogen-bond donors (Lipinski definition) is 2. The molecule has 1 heterocycles. The van der Waals surface area contributed by atoms with E-state index in [9.17, 15) is 23.2 Å². The largest absolute Gasteiger partial charge is 0.344 e. The fourth-order valence-electron chi connectivity index (χ4n) is 3.56. The number of amides is 4. The third-order valence-corrected chi connectivity index (χ3v) is 6.14. The Labute approximate surface area is 160 Å². The SMILES string of the molecule is CC(SCC(=O)NN1C(=O)NC2(CCCCC2)C1=O)c1c(F)cccc1F. The Morgan fingerprint density at radius 2 is 1.89 bits per heavy atom. The van der Waals surface area contributed by atoms with E-state index in [2.05, 4.69) is 10.7 Å². The lowest BCUT2D eigenvalue weighted by molar-refractivity contribution is -0.139. The maximum atomic E-state index is 13.8. The molecule has 4 amide bonds. The maximum absolute atomic E-state index is 13.8. The zero-order valence-electron chi connectivity index (χ0n) is 14.9. The van der Waals surface area contributed by atoms with Gasteiger partial charge in [-0.1, -0.05) is 25.3 Å².